The van der Waals surface area contributed by atoms with E-state index in [1.54, 1.807) is 12.1 Å². The summed E-state index contributed by atoms with van der Waals surface area (Å²) in [5.74, 6) is -0.0805. The van der Waals surface area contributed by atoms with Gasteiger partial charge in [0.1, 0.15) is 18.0 Å². The molecule has 0 aliphatic carbocycles. The summed E-state index contributed by atoms with van der Waals surface area (Å²) in [6.07, 6.45) is 4.71. The van der Waals surface area contributed by atoms with E-state index in [9.17, 15) is 13.6 Å². The van der Waals surface area contributed by atoms with Crippen molar-refractivity contribution in [3.8, 4) is 11.4 Å². The van der Waals surface area contributed by atoms with Crippen LogP contribution in [0.1, 0.15) is 35.2 Å². The van der Waals surface area contributed by atoms with Crippen LogP contribution < -0.4 is 0 Å². The molecule has 0 spiro atoms. The largest absolute Gasteiger partial charge is 0.338 e. The number of aromatic nitrogens is 3. The van der Waals surface area contributed by atoms with E-state index in [1.165, 1.54) is 18.5 Å². The number of benzene rings is 2. The molecule has 7 heteroatoms. The molecule has 0 unspecified atom stereocenters. The summed E-state index contributed by atoms with van der Waals surface area (Å²) in [6, 6.07) is 11.0. The Morgan fingerprint density at radius 1 is 1.17 bits per heavy atom. The third-order valence-corrected chi connectivity index (χ3v) is 5.46. The number of halogens is 2. The maximum Gasteiger partial charge on any atom is 0.253 e. The predicted octanol–water partition coefficient (Wildman–Crippen LogP) is 4.23. The van der Waals surface area contributed by atoms with Gasteiger partial charge in [-0.1, -0.05) is 18.2 Å². The third kappa shape index (κ3) is 4.50. The number of carbonyl (C=O) groups excluding carboxylic acids is 1. The third-order valence-electron chi connectivity index (χ3n) is 5.46. The molecule has 1 amide bonds. The average molecular weight is 396 g/mol. The number of nitrogens with zero attached hydrogens (tertiary/aromatic N) is 3. The molecule has 0 bridgehead atoms. The minimum atomic E-state index is -0.560. The Hall–Kier alpha value is -3.09. The van der Waals surface area contributed by atoms with E-state index in [1.807, 2.05) is 17.0 Å². The normalized spacial score (nSPS) is 16.8. The molecule has 1 saturated heterocycles. The number of nitrogens with one attached hydrogen (secondary N) is 1. The fourth-order valence-electron chi connectivity index (χ4n) is 3.87. The highest BCUT2D eigenvalue weighted by molar-refractivity contribution is 5.94. The number of hydrogen-bond donors (Lipinski definition) is 1. The van der Waals surface area contributed by atoms with Crippen molar-refractivity contribution in [2.45, 2.75) is 25.7 Å². The summed E-state index contributed by atoms with van der Waals surface area (Å²) < 4.78 is 26.9. The molecule has 1 aliphatic rings. The van der Waals surface area contributed by atoms with E-state index in [0.717, 1.165) is 37.4 Å². The quantitative estimate of drug-likeness (QED) is 0.702. The van der Waals surface area contributed by atoms with Gasteiger partial charge in [0.15, 0.2) is 5.82 Å². The van der Waals surface area contributed by atoms with E-state index in [4.69, 9.17) is 0 Å². The monoisotopic (exact) mass is 396 g/mol. The first kappa shape index (κ1) is 19.2. The number of likely N-dealkylation sites (tertiary alicyclic amines) is 1. The van der Waals surface area contributed by atoms with Crippen LogP contribution in [0.4, 0.5) is 8.78 Å². The van der Waals surface area contributed by atoms with Crippen LogP contribution >= 0.6 is 0 Å². The second-order valence-electron chi connectivity index (χ2n) is 7.45. The van der Waals surface area contributed by atoms with Gasteiger partial charge in [-0.05, 0) is 55.4 Å². The van der Waals surface area contributed by atoms with Crippen molar-refractivity contribution in [1.82, 2.24) is 20.1 Å². The molecule has 1 atom stereocenters. The fourth-order valence-corrected chi connectivity index (χ4v) is 3.87. The molecule has 1 fully saturated rings. The molecular formula is C22H22F2N4O. The molecule has 2 aromatic carbocycles. The molecule has 1 aromatic heterocycles. The smallest absolute Gasteiger partial charge is 0.253 e. The van der Waals surface area contributed by atoms with E-state index < -0.39 is 11.6 Å². The lowest BCUT2D eigenvalue weighted by molar-refractivity contribution is 0.0668. The van der Waals surface area contributed by atoms with Crippen molar-refractivity contribution in [3.05, 3.63) is 71.6 Å². The Kier molecular flexibility index (Phi) is 5.64. The molecule has 1 N–H and O–H groups in total. The highest BCUT2D eigenvalue weighted by Crippen LogP contribution is 2.24. The summed E-state index contributed by atoms with van der Waals surface area (Å²) in [6.45, 7) is 1.38. The summed E-state index contributed by atoms with van der Waals surface area (Å²) in [7, 11) is 0. The van der Waals surface area contributed by atoms with Crippen LogP contribution in [-0.4, -0.2) is 39.1 Å². The number of aryl methyl sites for hydroxylation is 1. The zero-order valence-electron chi connectivity index (χ0n) is 15.9. The highest BCUT2D eigenvalue weighted by atomic mass is 19.1. The summed E-state index contributed by atoms with van der Waals surface area (Å²) in [4.78, 5) is 18.9. The Balaban J connectivity index is 1.36. The zero-order valence-corrected chi connectivity index (χ0v) is 15.9. The molecule has 3 aromatic rings. The second-order valence-corrected chi connectivity index (χ2v) is 7.45. The standard InChI is InChI=1S/C22H22F2N4O/c23-19-10-9-16(20(24)12-19)4-3-15-2-1-11-28(13-15)22(29)18-7-5-17(6-8-18)21-25-14-26-27-21/h5-10,12,14-15H,1-4,11,13H2,(H,25,26,27)/t15-/m0/s1. The van der Waals surface area contributed by atoms with Gasteiger partial charge in [0.2, 0.25) is 0 Å². The van der Waals surface area contributed by atoms with Crippen molar-refractivity contribution in [2.75, 3.05) is 13.1 Å². The minimum absolute atomic E-state index is 0.00628. The lowest BCUT2D eigenvalue weighted by Crippen LogP contribution is -2.40. The van der Waals surface area contributed by atoms with Gasteiger partial charge in [0.05, 0.1) is 0 Å². The summed E-state index contributed by atoms with van der Waals surface area (Å²) in [5.41, 5.74) is 2.04. The molecule has 4 rings (SSSR count). The second kappa shape index (κ2) is 8.51. The maximum absolute atomic E-state index is 13.9. The lowest BCUT2D eigenvalue weighted by atomic mass is 9.91. The van der Waals surface area contributed by atoms with Crippen molar-refractivity contribution < 1.29 is 13.6 Å². The molecule has 0 saturated carbocycles. The Bertz CT molecular complexity index is 973. The first-order valence-corrected chi connectivity index (χ1v) is 9.79. The van der Waals surface area contributed by atoms with Crippen LogP contribution in [0, 0.1) is 17.6 Å². The maximum atomic E-state index is 13.9. The number of carbonyl (C=O) groups is 1. The summed E-state index contributed by atoms with van der Waals surface area (Å²) >= 11 is 0. The van der Waals surface area contributed by atoms with Gasteiger partial charge in [-0.2, -0.15) is 5.10 Å². The van der Waals surface area contributed by atoms with Gasteiger partial charge in [-0.25, -0.2) is 13.8 Å². The van der Waals surface area contributed by atoms with Gasteiger partial charge >= 0.3 is 0 Å². The molecule has 1 aliphatic heterocycles. The van der Waals surface area contributed by atoms with Gasteiger partial charge in [0, 0.05) is 30.3 Å². The van der Waals surface area contributed by atoms with E-state index in [-0.39, 0.29) is 5.91 Å². The van der Waals surface area contributed by atoms with Crippen molar-refractivity contribution in [2.24, 2.45) is 5.92 Å². The molecule has 5 nitrogen and oxygen atoms in total. The van der Waals surface area contributed by atoms with E-state index in [2.05, 4.69) is 15.2 Å². The van der Waals surface area contributed by atoms with Crippen molar-refractivity contribution in [1.29, 1.82) is 0 Å². The Morgan fingerprint density at radius 2 is 2.00 bits per heavy atom. The van der Waals surface area contributed by atoms with Gasteiger partial charge in [-0.3, -0.25) is 9.89 Å². The van der Waals surface area contributed by atoms with Crippen LogP contribution in [0.15, 0.2) is 48.8 Å². The number of rotatable bonds is 5. The minimum Gasteiger partial charge on any atom is -0.338 e. The number of amides is 1. The first-order chi connectivity index (χ1) is 14.1. The first-order valence-electron chi connectivity index (χ1n) is 9.79. The number of H-pyrrole nitrogens is 1. The Morgan fingerprint density at radius 3 is 2.72 bits per heavy atom. The lowest BCUT2D eigenvalue weighted by Gasteiger charge is -2.33. The molecule has 150 valence electrons. The molecule has 0 radical (unpaired) electrons. The van der Waals surface area contributed by atoms with E-state index in [0.29, 0.717) is 35.8 Å². The van der Waals surface area contributed by atoms with Gasteiger partial charge < -0.3 is 4.90 Å². The van der Waals surface area contributed by atoms with Crippen LogP contribution in [0.2, 0.25) is 0 Å². The SMILES string of the molecule is O=C(c1ccc(-c2ncn[nH]2)cc1)N1CCC[C@@H](CCc2ccc(F)cc2F)C1. The molecule has 29 heavy (non-hydrogen) atoms. The van der Waals surface area contributed by atoms with Gasteiger partial charge in [-0.15, -0.1) is 0 Å². The van der Waals surface area contributed by atoms with Crippen molar-refractivity contribution in [3.63, 3.8) is 0 Å². The molecule has 2 heterocycles. The van der Waals surface area contributed by atoms with Gasteiger partial charge in [0.25, 0.3) is 5.91 Å². The van der Waals surface area contributed by atoms with Crippen LogP contribution in [0.25, 0.3) is 11.4 Å². The fraction of sp³-hybridized carbons (Fsp3) is 0.318. The predicted molar refractivity (Wildman–Crippen MR) is 105 cm³/mol. The molecular weight excluding hydrogens is 374 g/mol. The van der Waals surface area contributed by atoms with E-state index >= 15 is 0 Å². The van der Waals surface area contributed by atoms with Crippen LogP contribution in [0.3, 0.4) is 0 Å². The Labute approximate surface area is 167 Å². The van der Waals surface area contributed by atoms with Crippen molar-refractivity contribution >= 4 is 5.91 Å². The average Bonchev–Trinajstić information content (AvgIpc) is 3.28. The van der Waals surface area contributed by atoms with Crippen LogP contribution in [-0.2, 0) is 6.42 Å². The number of hydrogen-bond acceptors (Lipinski definition) is 3. The van der Waals surface area contributed by atoms with Crippen LogP contribution in [0.5, 0.6) is 0 Å². The highest BCUT2D eigenvalue weighted by Gasteiger charge is 2.24. The zero-order chi connectivity index (χ0) is 20.2. The number of aromatic amines is 1. The summed E-state index contributed by atoms with van der Waals surface area (Å²) in [5, 5.41) is 6.64. The topological polar surface area (TPSA) is 61.9 Å². The number of piperidine rings is 1.